The summed E-state index contributed by atoms with van der Waals surface area (Å²) in [6.45, 7) is 6.14. The van der Waals surface area contributed by atoms with Crippen LogP contribution in [-0.2, 0) is 19.4 Å². The maximum absolute atomic E-state index is 12.7. The van der Waals surface area contributed by atoms with E-state index in [2.05, 4.69) is 76.5 Å². The highest BCUT2D eigenvalue weighted by Crippen LogP contribution is 2.20. The van der Waals surface area contributed by atoms with E-state index < -0.39 is 0 Å². The van der Waals surface area contributed by atoms with E-state index in [0.717, 1.165) is 57.0 Å². The van der Waals surface area contributed by atoms with Gasteiger partial charge in [-0.3, -0.25) is 9.69 Å². The van der Waals surface area contributed by atoms with E-state index >= 15 is 0 Å². The summed E-state index contributed by atoms with van der Waals surface area (Å²) in [7, 11) is 0. The average Bonchev–Trinajstić information content (AvgIpc) is 3.28. The van der Waals surface area contributed by atoms with Crippen molar-refractivity contribution in [2.24, 2.45) is 0 Å². The van der Waals surface area contributed by atoms with Crippen molar-refractivity contribution < 1.29 is 4.79 Å². The van der Waals surface area contributed by atoms with Crippen molar-refractivity contribution >= 4 is 17.1 Å². The Morgan fingerprint density at radius 3 is 2.07 bits per heavy atom. The van der Waals surface area contributed by atoms with Gasteiger partial charge in [0.2, 0.25) is 0 Å². The monoisotopic (exact) mass is 418 g/mol. The minimum absolute atomic E-state index is 0.290. The average molecular weight is 419 g/mol. The molecule has 0 spiro atoms. The van der Waals surface area contributed by atoms with Crippen LogP contribution < -0.4 is 0 Å². The number of hydrogen-bond donors (Lipinski definition) is 0. The molecule has 0 amide bonds. The fourth-order valence-electron chi connectivity index (χ4n) is 3.97. The Kier molecular flexibility index (Phi) is 7.46. The molecule has 0 saturated carbocycles. The molecule has 0 atom stereocenters. The third kappa shape index (κ3) is 6.11. The van der Waals surface area contributed by atoms with Crippen molar-refractivity contribution in [2.75, 3.05) is 32.7 Å². The molecule has 1 fully saturated rings. The molecule has 1 saturated heterocycles. The summed E-state index contributed by atoms with van der Waals surface area (Å²) >= 11 is 1.67. The van der Waals surface area contributed by atoms with Crippen LogP contribution in [0.3, 0.4) is 0 Å². The van der Waals surface area contributed by atoms with Gasteiger partial charge in [0.05, 0.1) is 4.88 Å². The Hall–Kier alpha value is -2.27. The third-order valence-electron chi connectivity index (χ3n) is 5.81. The second-order valence-corrected chi connectivity index (χ2v) is 9.20. The smallest absolute Gasteiger partial charge is 0.174 e. The van der Waals surface area contributed by atoms with Gasteiger partial charge >= 0.3 is 0 Å². The number of nitrogens with zero attached hydrogens (tertiary/aromatic N) is 2. The minimum atomic E-state index is 0.290. The number of aryl methyl sites for hydroxylation is 2. The zero-order chi connectivity index (χ0) is 20.6. The second kappa shape index (κ2) is 10.7. The molecule has 2 heterocycles. The van der Waals surface area contributed by atoms with E-state index in [4.69, 9.17) is 0 Å². The molecule has 0 unspecified atom stereocenters. The highest BCUT2D eigenvalue weighted by atomic mass is 32.1. The standard InChI is InChI=1S/C26H30N2OS/c29-25(26-14-13-24(30-26)12-11-22-7-3-1-4-8-22)15-16-27-17-19-28(20-18-27)21-23-9-5-2-6-10-23/h1-10,13-14H,11-12,15-21H2. The lowest BCUT2D eigenvalue weighted by Gasteiger charge is -2.34. The number of hydrogen-bond acceptors (Lipinski definition) is 4. The van der Waals surface area contributed by atoms with Gasteiger partial charge in [-0.2, -0.15) is 0 Å². The van der Waals surface area contributed by atoms with E-state index in [0.29, 0.717) is 6.42 Å². The largest absolute Gasteiger partial charge is 0.300 e. The Morgan fingerprint density at radius 2 is 1.37 bits per heavy atom. The molecule has 30 heavy (non-hydrogen) atoms. The predicted octanol–water partition coefficient (Wildman–Crippen LogP) is 4.92. The van der Waals surface area contributed by atoms with Gasteiger partial charge in [-0.1, -0.05) is 60.7 Å². The summed E-state index contributed by atoms with van der Waals surface area (Å²) in [5.74, 6) is 0.290. The van der Waals surface area contributed by atoms with Crippen molar-refractivity contribution in [1.29, 1.82) is 0 Å². The number of rotatable bonds is 9. The molecule has 0 bridgehead atoms. The summed E-state index contributed by atoms with van der Waals surface area (Å²) in [4.78, 5) is 19.8. The molecule has 156 valence electrons. The maximum atomic E-state index is 12.7. The lowest BCUT2D eigenvalue weighted by Crippen LogP contribution is -2.46. The van der Waals surface area contributed by atoms with Gasteiger partial charge in [-0.25, -0.2) is 0 Å². The highest BCUT2D eigenvalue weighted by Gasteiger charge is 2.18. The molecular weight excluding hydrogens is 388 g/mol. The number of piperazine rings is 1. The van der Waals surface area contributed by atoms with Crippen molar-refractivity contribution in [3.63, 3.8) is 0 Å². The van der Waals surface area contributed by atoms with Crippen LogP contribution in [0.5, 0.6) is 0 Å². The molecular formula is C26H30N2OS. The van der Waals surface area contributed by atoms with Crippen LogP contribution in [0.1, 0.15) is 32.1 Å². The number of benzene rings is 2. The lowest BCUT2D eigenvalue weighted by atomic mass is 10.1. The molecule has 0 aliphatic carbocycles. The van der Waals surface area contributed by atoms with Crippen LogP contribution in [0.15, 0.2) is 72.8 Å². The molecule has 0 radical (unpaired) electrons. The normalized spacial score (nSPS) is 15.3. The van der Waals surface area contributed by atoms with Gasteiger partial charge < -0.3 is 4.90 Å². The fraction of sp³-hybridized carbons (Fsp3) is 0.346. The van der Waals surface area contributed by atoms with Crippen molar-refractivity contribution in [1.82, 2.24) is 9.80 Å². The van der Waals surface area contributed by atoms with Crippen LogP contribution in [0.2, 0.25) is 0 Å². The van der Waals surface area contributed by atoms with Crippen molar-refractivity contribution in [2.45, 2.75) is 25.8 Å². The first-order chi connectivity index (χ1) is 14.8. The Bertz CT molecular complexity index is 914. The van der Waals surface area contributed by atoms with E-state index in [1.54, 1.807) is 11.3 Å². The predicted molar refractivity (Wildman–Crippen MR) is 125 cm³/mol. The summed E-state index contributed by atoms with van der Waals surface area (Å²) in [5, 5.41) is 0. The second-order valence-electron chi connectivity index (χ2n) is 8.03. The highest BCUT2D eigenvalue weighted by molar-refractivity contribution is 7.14. The van der Waals surface area contributed by atoms with Crippen LogP contribution in [0.4, 0.5) is 0 Å². The third-order valence-corrected chi connectivity index (χ3v) is 6.99. The molecule has 3 nitrogen and oxygen atoms in total. The molecule has 1 aliphatic heterocycles. The SMILES string of the molecule is O=C(CCN1CCN(Cc2ccccc2)CC1)c1ccc(CCc2ccccc2)s1. The van der Waals surface area contributed by atoms with Crippen LogP contribution in [0, 0.1) is 0 Å². The van der Waals surface area contributed by atoms with E-state index in [1.165, 1.54) is 16.0 Å². The van der Waals surface area contributed by atoms with E-state index in [-0.39, 0.29) is 5.78 Å². The number of carbonyl (C=O) groups is 1. The molecule has 0 N–H and O–H groups in total. The van der Waals surface area contributed by atoms with Crippen molar-refractivity contribution in [3.8, 4) is 0 Å². The van der Waals surface area contributed by atoms with Crippen LogP contribution >= 0.6 is 11.3 Å². The Balaban J connectivity index is 1.18. The van der Waals surface area contributed by atoms with Crippen molar-refractivity contribution in [3.05, 3.63) is 93.7 Å². The Labute approximate surface area is 184 Å². The first kappa shape index (κ1) is 21.0. The van der Waals surface area contributed by atoms with Crippen LogP contribution in [-0.4, -0.2) is 48.3 Å². The van der Waals surface area contributed by atoms with Gasteiger partial charge in [-0.15, -0.1) is 11.3 Å². The van der Waals surface area contributed by atoms with Crippen LogP contribution in [0.25, 0.3) is 0 Å². The van der Waals surface area contributed by atoms with Gasteiger partial charge in [0.1, 0.15) is 0 Å². The van der Waals surface area contributed by atoms with Gasteiger partial charge in [-0.05, 0) is 36.1 Å². The van der Waals surface area contributed by atoms with E-state index in [9.17, 15) is 4.79 Å². The summed E-state index contributed by atoms with van der Waals surface area (Å²) < 4.78 is 0. The zero-order valence-electron chi connectivity index (χ0n) is 17.5. The summed E-state index contributed by atoms with van der Waals surface area (Å²) in [6, 6.07) is 25.4. The number of carbonyl (C=O) groups excluding carboxylic acids is 1. The summed E-state index contributed by atoms with van der Waals surface area (Å²) in [5.41, 5.74) is 2.73. The fourth-order valence-corrected chi connectivity index (χ4v) is 4.94. The van der Waals surface area contributed by atoms with Gasteiger partial charge in [0, 0.05) is 50.6 Å². The molecule has 4 rings (SSSR count). The minimum Gasteiger partial charge on any atom is -0.300 e. The quantitative estimate of drug-likeness (QED) is 0.461. The van der Waals surface area contributed by atoms with E-state index in [1.807, 2.05) is 6.07 Å². The molecule has 4 heteroatoms. The number of thiophene rings is 1. The lowest BCUT2D eigenvalue weighted by molar-refractivity contribution is 0.0926. The Morgan fingerprint density at radius 1 is 0.733 bits per heavy atom. The first-order valence-corrected chi connectivity index (χ1v) is 11.7. The molecule has 2 aromatic carbocycles. The number of ketones is 1. The molecule has 3 aromatic rings. The first-order valence-electron chi connectivity index (χ1n) is 10.9. The number of Topliss-reactive ketones (excluding diaryl/α,β-unsaturated/α-hetero) is 1. The zero-order valence-corrected chi connectivity index (χ0v) is 18.3. The van der Waals surface area contributed by atoms with Gasteiger partial charge in [0.15, 0.2) is 5.78 Å². The molecule has 1 aliphatic rings. The summed E-state index contributed by atoms with van der Waals surface area (Å²) in [6.07, 6.45) is 2.66. The van der Waals surface area contributed by atoms with Gasteiger partial charge in [0.25, 0.3) is 0 Å². The molecule has 1 aromatic heterocycles. The maximum Gasteiger partial charge on any atom is 0.174 e. The topological polar surface area (TPSA) is 23.6 Å².